The summed E-state index contributed by atoms with van der Waals surface area (Å²) in [6.07, 6.45) is 15.2. The molecule has 24 heavy (non-hydrogen) atoms. The Hall–Kier alpha value is 0.680. The molecule has 0 unspecified atom stereocenters. The van der Waals surface area contributed by atoms with Crippen LogP contribution in [0.25, 0.3) is 0 Å². The molecule has 0 rings (SSSR count). The summed E-state index contributed by atoms with van der Waals surface area (Å²) in [4.78, 5) is 21.1. The second-order valence-electron chi connectivity index (χ2n) is 5.92. The maximum atomic E-state index is 10.7. The molecule has 0 aliphatic heterocycles. The zero-order valence-electron chi connectivity index (χ0n) is 15.9. The van der Waals surface area contributed by atoms with Gasteiger partial charge in [-0.3, -0.25) is 0 Å². The number of carbonyl (C=O) groups is 2. The molecule has 0 atom stereocenters. The molecule has 0 fully saturated rings. The molecule has 0 aromatic heterocycles. The van der Waals surface area contributed by atoms with Crippen molar-refractivity contribution in [3.8, 4) is 0 Å². The smallest absolute Gasteiger partial charge is 0.545 e. The van der Waals surface area contributed by atoms with Crippen molar-refractivity contribution in [3.05, 3.63) is 11.6 Å². The van der Waals surface area contributed by atoms with Crippen LogP contribution in [0.15, 0.2) is 11.6 Å². The van der Waals surface area contributed by atoms with Gasteiger partial charge in [-0.05, 0) is 24.5 Å². The topological polar surface area (TPSA) is 80.3 Å². The molecule has 0 aliphatic carbocycles. The molecule has 0 aromatic rings. The summed E-state index contributed by atoms with van der Waals surface area (Å²) < 4.78 is 0. The van der Waals surface area contributed by atoms with E-state index in [2.05, 4.69) is 6.92 Å². The van der Waals surface area contributed by atoms with E-state index in [1.54, 1.807) is 0 Å². The first-order chi connectivity index (χ1) is 10.6. The van der Waals surface area contributed by atoms with Gasteiger partial charge in [0.05, 0.1) is 11.9 Å². The molecule has 0 saturated carbocycles. The first kappa shape index (κ1) is 29.4. The Morgan fingerprint density at radius 2 is 1.08 bits per heavy atom. The van der Waals surface area contributed by atoms with Gasteiger partial charge in [-0.1, -0.05) is 77.6 Å². The van der Waals surface area contributed by atoms with E-state index in [1.165, 1.54) is 57.8 Å². The van der Waals surface area contributed by atoms with E-state index >= 15 is 0 Å². The molecular formula is C18H30Na2O4. The van der Waals surface area contributed by atoms with Gasteiger partial charge in [0, 0.05) is 0 Å². The van der Waals surface area contributed by atoms with Crippen LogP contribution >= 0.6 is 0 Å². The van der Waals surface area contributed by atoms with Crippen LogP contribution in [0, 0.1) is 0 Å². The molecule has 0 N–H and O–H groups in total. The van der Waals surface area contributed by atoms with E-state index in [4.69, 9.17) is 0 Å². The van der Waals surface area contributed by atoms with Crippen molar-refractivity contribution in [2.24, 2.45) is 0 Å². The van der Waals surface area contributed by atoms with Gasteiger partial charge in [0.25, 0.3) is 0 Å². The SMILES string of the molecule is CCCCCCCCCCCCCC/C(=C\C(=O)[O-])C(=O)[O-].[Na+].[Na+]. The Morgan fingerprint density at radius 1 is 0.708 bits per heavy atom. The Morgan fingerprint density at radius 3 is 1.42 bits per heavy atom. The molecule has 0 spiro atoms. The van der Waals surface area contributed by atoms with Gasteiger partial charge in [0.1, 0.15) is 0 Å². The molecule has 0 aromatic carbocycles. The van der Waals surface area contributed by atoms with Crippen molar-refractivity contribution in [2.45, 2.75) is 90.4 Å². The summed E-state index contributed by atoms with van der Waals surface area (Å²) in [5.41, 5.74) is -0.174. The molecular weight excluding hydrogens is 326 g/mol. The van der Waals surface area contributed by atoms with Gasteiger partial charge >= 0.3 is 59.1 Å². The van der Waals surface area contributed by atoms with Gasteiger partial charge in [-0.2, -0.15) is 0 Å². The number of carboxylic acid groups (broad SMARTS) is 2. The zero-order chi connectivity index (χ0) is 16.6. The predicted octanol–water partition coefficient (Wildman–Crippen LogP) is -3.49. The summed E-state index contributed by atoms with van der Waals surface area (Å²) >= 11 is 0. The third-order valence-electron chi connectivity index (χ3n) is 3.85. The van der Waals surface area contributed by atoms with E-state index in [-0.39, 0.29) is 71.1 Å². The first-order valence-corrected chi connectivity index (χ1v) is 8.70. The van der Waals surface area contributed by atoms with Gasteiger partial charge < -0.3 is 19.8 Å². The molecule has 4 nitrogen and oxygen atoms in total. The van der Waals surface area contributed by atoms with Gasteiger partial charge in [-0.25, -0.2) is 0 Å². The quantitative estimate of drug-likeness (QED) is 0.173. The van der Waals surface area contributed by atoms with E-state index in [1.807, 2.05) is 0 Å². The summed E-state index contributed by atoms with van der Waals surface area (Å²) in [6, 6.07) is 0. The fourth-order valence-electron chi connectivity index (χ4n) is 2.53. The minimum atomic E-state index is -1.47. The van der Waals surface area contributed by atoms with Crippen molar-refractivity contribution in [2.75, 3.05) is 0 Å². The number of hydrogen-bond acceptors (Lipinski definition) is 4. The van der Waals surface area contributed by atoms with Gasteiger partial charge in [0.2, 0.25) is 0 Å². The Kier molecular flexibility index (Phi) is 26.6. The van der Waals surface area contributed by atoms with Crippen LogP contribution < -0.4 is 69.3 Å². The van der Waals surface area contributed by atoms with Crippen molar-refractivity contribution < 1.29 is 78.9 Å². The fourth-order valence-corrected chi connectivity index (χ4v) is 2.53. The van der Waals surface area contributed by atoms with Gasteiger partial charge in [-0.15, -0.1) is 0 Å². The molecule has 0 saturated heterocycles. The number of carboxylic acids is 2. The third-order valence-corrected chi connectivity index (χ3v) is 3.85. The Balaban J connectivity index is -0.00000220. The number of carbonyl (C=O) groups excluding carboxylic acids is 2. The van der Waals surface area contributed by atoms with Crippen molar-refractivity contribution in [1.29, 1.82) is 0 Å². The molecule has 0 amide bonds. The predicted molar refractivity (Wildman–Crippen MR) is 83.8 cm³/mol. The van der Waals surface area contributed by atoms with E-state index in [0.717, 1.165) is 12.8 Å². The summed E-state index contributed by atoms with van der Waals surface area (Å²) in [6.45, 7) is 2.23. The molecule has 6 heteroatoms. The maximum absolute atomic E-state index is 10.7. The largest absolute Gasteiger partial charge is 1.00 e. The third kappa shape index (κ3) is 20.7. The molecule has 0 bridgehead atoms. The average molecular weight is 356 g/mol. The fraction of sp³-hybridized carbons (Fsp3) is 0.778. The van der Waals surface area contributed by atoms with Crippen LogP contribution in [0.1, 0.15) is 90.4 Å². The maximum Gasteiger partial charge on any atom is 1.00 e. The van der Waals surface area contributed by atoms with Crippen LogP contribution in [-0.4, -0.2) is 11.9 Å². The second kappa shape index (κ2) is 21.7. The summed E-state index contributed by atoms with van der Waals surface area (Å²) in [5, 5.41) is 21.1. The van der Waals surface area contributed by atoms with Crippen molar-refractivity contribution >= 4 is 11.9 Å². The molecule has 0 heterocycles. The van der Waals surface area contributed by atoms with Crippen molar-refractivity contribution in [1.82, 2.24) is 0 Å². The van der Waals surface area contributed by atoms with Crippen LogP contribution in [0.5, 0.6) is 0 Å². The van der Waals surface area contributed by atoms with Gasteiger partial charge in [0.15, 0.2) is 0 Å². The number of aliphatic carboxylic acids is 2. The Labute approximate surface area is 191 Å². The molecule has 128 valence electrons. The van der Waals surface area contributed by atoms with Crippen LogP contribution in [0.4, 0.5) is 0 Å². The van der Waals surface area contributed by atoms with E-state index in [0.29, 0.717) is 12.5 Å². The number of unbranched alkanes of at least 4 members (excludes halogenated alkanes) is 11. The normalized spacial score (nSPS) is 10.6. The second-order valence-corrected chi connectivity index (χ2v) is 5.92. The standard InChI is InChI=1S/C18H32O4.2Na/c1-2-3-4-5-6-7-8-9-10-11-12-13-14-16(18(21)22)15-17(19)20;;/h15H,2-14H2,1H3,(H,19,20)(H,21,22);;/q;2*+1/p-2/b16-15+;;. The minimum absolute atomic E-state index is 0. The summed E-state index contributed by atoms with van der Waals surface area (Å²) in [7, 11) is 0. The monoisotopic (exact) mass is 356 g/mol. The van der Waals surface area contributed by atoms with Crippen LogP contribution in [0.3, 0.4) is 0 Å². The number of rotatable bonds is 15. The minimum Gasteiger partial charge on any atom is -0.545 e. The van der Waals surface area contributed by atoms with Crippen LogP contribution in [-0.2, 0) is 9.59 Å². The van der Waals surface area contributed by atoms with Crippen LogP contribution in [0.2, 0.25) is 0 Å². The average Bonchev–Trinajstić information content (AvgIpc) is 2.46. The first-order valence-electron chi connectivity index (χ1n) is 8.70. The molecule has 0 radical (unpaired) electrons. The van der Waals surface area contributed by atoms with E-state index < -0.39 is 11.9 Å². The number of hydrogen-bond donors (Lipinski definition) is 0. The zero-order valence-corrected chi connectivity index (χ0v) is 19.9. The molecule has 0 aliphatic rings. The Bertz CT molecular complexity index is 344. The van der Waals surface area contributed by atoms with E-state index in [9.17, 15) is 19.8 Å². The van der Waals surface area contributed by atoms with Crippen molar-refractivity contribution in [3.63, 3.8) is 0 Å². The summed E-state index contributed by atoms with van der Waals surface area (Å²) in [5.74, 6) is -2.88.